The number of aromatic nitrogens is 2. The molecule has 0 spiro atoms. The Labute approximate surface area is 175 Å². The van der Waals surface area contributed by atoms with E-state index in [0.29, 0.717) is 12.8 Å². The van der Waals surface area contributed by atoms with Crippen LogP contribution in [0.15, 0.2) is 0 Å². The maximum Gasteiger partial charge on any atom is 0.241 e. The van der Waals surface area contributed by atoms with Gasteiger partial charge in [0.05, 0.1) is 17.5 Å². The average Bonchev–Trinajstić information content (AvgIpc) is 2.99. The highest BCUT2D eigenvalue weighted by atomic mass is 32.2. The van der Waals surface area contributed by atoms with Gasteiger partial charge in [-0.2, -0.15) is 5.10 Å². The van der Waals surface area contributed by atoms with Crippen molar-refractivity contribution in [1.82, 2.24) is 25.1 Å². The summed E-state index contributed by atoms with van der Waals surface area (Å²) in [6.07, 6.45) is 3.75. The van der Waals surface area contributed by atoms with E-state index in [1.807, 2.05) is 0 Å². The third-order valence-electron chi connectivity index (χ3n) is 4.99. The van der Waals surface area contributed by atoms with Crippen LogP contribution in [0, 0.1) is 12.7 Å². The molecule has 1 aliphatic carbocycles. The third kappa shape index (κ3) is 6.33. The predicted octanol–water partition coefficient (Wildman–Crippen LogP) is 0.0177. The van der Waals surface area contributed by atoms with Gasteiger partial charge in [0, 0.05) is 20.0 Å². The van der Waals surface area contributed by atoms with Gasteiger partial charge < -0.3 is 10.6 Å². The van der Waals surface area contributed by atoms with Gasteiger partial charge in [-0.3, -0.25) is 14.4 Å². The number of hydrogen-bond donors (Lipinski definition) is 3. The summed E-state index contributed by atoms with van der Waals surface area (Å²) in [5, 5.41) is 8.21. The second-order valence-electron chi connectivity index (χ2n) is 7.23. The van der Waals surface area contributed by atoms with Crippen molar-refractivity contribution in [1.29, 1.82) is 0 Å². The summed E-state index contributed by atoms with van der Waals surface area (Å²) in [6.45, 7) is 0.373. The van der Waals surface area contributed by atoms with Gasteiger partial charge in [0.15, 0.2) is 11.6 Å². The summed E-state index contributed by atoms with van der Waals surface area (Å²) in [5.41, 5.74) is -0.535. The Balaban J connectivity index is 2.01. The Morgan fingerprint density at radius 2 is 1.83 bits per heavy atom. The van der Waals surface area contributed by atoms with Gasteiger partial charge in [-0.05, 0) is 19.8 Å². The van der Waals surface area contributed by atoms with Crippen LogP contribution in [0.3, 0.4) is 0 Å². The lowest BCUT2D eigenvalue weighted by Gasteiger charge is -2.21. The lowest BCUT2D eigenvalue weighted by atomic mass is 10.0. The number of nitrogens with one attached hydrogen (secondary N) is 3. The van der Waals surface area contributed by atoms with Gasteiger partial charge in [0.2, 0.25) is 21.8 Å². The van der Waals surface area contributed by atoms with Crippen molar-refractivity contribution >= 4 is 27.6 Å². The molecule has 30 heavy (non-hydrogen) atoms. The van der Waals surface area contributed by atoms with Gasteiger partial charge in [-0.15, -0.1) is 0 Å². The Kier molecular flexibility index (Phi) is 8.47. The minimum Gasteiger partial charge on any atom is -0.359 e. The zero-order valence-electron chi connectivity index (χ0n) is 17.2. The number of nitrogens with zero attached hydrogens (tertiary/aromatic N) is 2. The molecule has 1 saturated carbocycles. The molecule has 0 saturated heterocycles. The largest absolute Gasteiger partial charge is 0.359 e. The number of carbonyl (C=O) groups is 3. The zero-order valence-corrected chi connectivity index (χ0v) is 18.0. The summed E-state index contributed by atoms with van der Waals surface area (Å²) in [6, 6.07) is 0. The summed E-state index contributed by atoms with van der Waals surface area (Å²) in [7, 11) is -2.22. The number of hydrogen-bond acceptors (Lipinski definition) is 6. The van der Waals surface area contributed by atoms with Crippen LogP contribution in [0.25, 0.3) is 0 Å². The highest BCUT2D eigenvalue weighted by Gasteiger charge is 2.29. The van der Waals surface area contributed by atoms with Crippen LogP contribution in [0.5, 0.6) is 0 Å². The van der Waals surface area contributed by atoms with E-state index in [2.05, 4.69) is 20.5 Å². The second-order valence-corrected chi connectivity index (χ2v) is 9.27. The molecule has 0 aromatic carbocycles. The number of aryl methyl sites for hydroxylation is 1. The molecule has 1 aromatic rings. The molecule has 1 aromatic heterocycles. The van der Waals surface area contributed by atoms with E-state index >= 15 is 0 Å². The molecule has 12 heteroatoms. The van der Waals surface area contributed by atoms with E-state index in [1.165, 1.54) is 14.0 Å². The first-order valence-electron chi connectivity index (χ1n) is 9.87. The van der Waals surface area contributed by atoms with Gasteiger partial charge in [-0.1, -0.05) is 19.3 Å². The number of rotatable bonds is 10. The summed E-state index contributed by atoms with van der Waals surface area (Å²) in [5.74, 6) is -2.52. The van der Waals surface area contributed by atoms with Crippen LogP contribution >= 0.6 is 0 Å². The maximum atomic E-state index is 14.4. The van der Waals surface area contributed by atoms with Crippen molar-refractivity contribution in [2.75, 3.05) is 20.1 Å². The molecule has 10 nitrogen and oxygen atoms in total. The first-order valence-corrected chi connectivity index (χ1v) is 11.4. The molecule has 1 heterocycles. The molecule has 2 amide bonds. The van der Waals surface area contributed by atoms with Gasteiger partial charge in [-0.25, -0.2) is 22.2 Å². The van der Waals surface area contributed by atoms with E-state index in [0.717, 1.165) is 23.9 Å². The number of sulfonamides is 1. The molecule has 0 aliphatic heterocycles. The molecule has 168 valence electrons. The van der Waals surface area contributed by atoms with Crippen LogP contribution in [0.1, 0.15) is 54.7 Å². The SMILES string of the molecule is CNC(=O)CCNC(=O)Cn1nc(C)c(F)c1C(=O)CNS(=O)(=O)C1CCCCC1. The van der Waals surface area contributed by atoms with Crippen molar-refractivity contribution in [2.45, 2.75) is 57.2 Å². The van der Waals surface area contributed by atoms with E-state index < -0.39 is 51.6 Å². The van der Waals surface area contributed by atoms with Crippen molar-refractivity contribution in [3.8, 4) is 0 Å². The van der Waals surface area contributed by atoms with Crippen molar-refractivity contribution < 1.29 is 27.2 Å². The van der Waals surface area contributed by atoms with Crippen molar-refractivity contribution in [2.24, 2.45) is 0 Å². The molecule has 2 rings (SSSR count). The topological polar surface area (TPSA) is 139 Å². The van der Waals surface area contributed by atoms with Crippen LogP contribution in [-0.4, -0.2) is 61.2 Å². The molecule has 1 fully saturated rings. The molecule has 0 bridgehead atoms. The van der Waals surface area contributed by atoms with Crippen molar-refractivity contribution in [3.63, 3.8) is 0 Å². The molecule has 3 N–H and O–H groups in total. The fraction of sp³-hybridized carbons (Fsp3) is 0.667. The van der Waals surface area contributed by atoms with E-state index in [1.54, 1.807) is 0 Å². The lowest BCUT2D eigenvalue weighted by Crippen LogP contribution is -2.39. The molecule has 1 aliphatic rings. The van der Waals surface area contributed by atoms with Gasteiger partial charge >= 0.3 is 0 Å². The zero-order chi connectivity index (χ0) is 22.3. The number of carbonyl (C=O) groups excluding carboxylic acids is 3. The van der Waals surface area contributed by atoms with Crippen LogP contribution in [-0.2, 0) is 26.2 Å². The number of ketones is 1. The smallest absolute Gasteiger partial charge is 0.241 e. The van der Waals surface area contributed by atoms with E-state index in [-0.39, 0.29) is 24.6 Å². The fourth-order valence-electron chi connectivity index (χ4n) is 3.32. The summed E-state index contributed by atoms with van der Waals surface area (Å²) < 4.78 is 42.4. The fourth-order valence-corrected chi connectivity index (χ4v) is 4.84. The molecule has 0 unspecified atom stereocenters. The monoisotopic (exact) mass is 445 g/mol. The van der Waals surface area contributed by atoms with Crippen LogP contribution < -0.4 is 15.4 Å². The quantitative estimate of drug-likeness (QED) is 0.434. The Bertz CT molecular complexity index is 893. The van der Waals surface area contributed by atoms with Crippen LogP contribution in [0.4, 0.5) is 4.39 Å². The predicted molar refractivity (Wildman–Crippen MR) is 107 cm³/mol. The maximum absolute atomic E-state index is 14.4. The Morgan fingerprint density at radius 3 is 2.47 bits per heavy atom. The Morgan fingerprint density at radius 1 is 1.17 bits per heavy atom. The second kappa shape index (κ2) is 10.6. The number of amides is 2. The van der Waals surface area contributed by atoms with Crippen molar-refractivity contribution in [3.05, 3.63) is 17.2 Å². The minimum absolute atomic E-state index is 0.0729. The molecule has 0 radical (unpaired) electrons. The number of halogens is 1. The standard InChI is InChI=1S/C18H28FN5O5S/c1-12-17(19)18(24(23-12)11-16(27)21-9-8-15(26)20-2)14(25)10-22-30(28,29)13-6-4-3-5-7-13/h13,22H,3-11H2,1-2H3,(H,20,26)(H,21,27). The molecular weight excluding hydrogens is 417 g/mol. The highest BCUT2D eigenvalue weighted by Crippen LogP contribution is 2.23. The highest BCUT2D eigenvalue weighted by molar-refractivity contribution is 7.90. The lowest BCUT2D eigenvalue weighted by molar-refractivity contribution is -0.122. The summed E-state index contributed by atoms with van der Waals surface area (Å²) in [4.78, 5) is 35.8. The molecule has 0 atom stereocenters. The van der Waals surface area contributed by atoms with Crippen LogP contribution in [0.2, 0.25) is 0 Å². The molecular formula is C18H28FN5O5S. The Hall–Kier alpha value is -2.34. The third-order valence-corrected chi connectivity index (χ3v) is 6.89. The van der Waals surface area contributed by atoms with Gasteiger partial charge in [0.25, 0.3) is 0 Å². The first-order chi connectivity index (χ1) is 14.2. The van der Waals surface area contributed by atoms with E-state index in [4.69, 9.17) is 0 Å². The normalized spacial score (nSPS) is 15.0. The number of Topliss-reactive ketones (excluding diaryl/α,β-unsaturated/α-hetero) is 1. The van der Waals surface area contributed by atoms with Gasteiger partial charge in [0.1, 0.15) is 12.2 Å². The minimum atomic E-state index is -3.69. The average molecular weight is 446 g/mol. The summed E-state index contributed by atoms with van der Waals surface area (Å²) >= 11 is 0. The van der Waals surface area contributed by atoms with E-state index in [9.17, 15) is 27.2 Å². The first kappa shape index (κ1) is 23.9.